The van der Waals surface area contributed by atoms with E-state index in [1.54, 1.807) is 13.0 Å². The van der Waals surface area contributed by atoms with Gasteiger partial charge in [0.25, 0.3) is 0 Å². The normalized spacial score (nSPS) is 15.4. The summed E-state index contributed by atoms with van der Waals surface area (Å²) in [7, 11) is 0. The van der Waals surface area contributed by atoms with Crippen LogP contribution in [0.25, 0.3) is 0 Å². The van der Waals surface area contributed by atoms with E-state index in [4.69, 9.17) is 26.4 Å². The Bertz CT molecular complexity index is 1000. The van der Waals surface area contributed by atoms with Gasteiger partial charge in [-0.1, -0.05) is 18.2 Å². The molecule has 7 nitrogen and oxygen atoms in total. The van der Waals surface area contributed by atoms with Crippen molar-refractivity contribution in [2.75, 3.05) is 18.5 Å². The van der Waals surface area contributed by atoms with Crippen LogP contribution in [0.5, 0.6) is 11.5 Å². The summed E-state index contributed by atoms with van der Waals surface area (Å²) < 4.78 is 16.5. The minimum absolute atomic E-state index is 0.159. The lowest BCUT2D eigenvalue weighted by atomic mass is 9.92. The molecule has 0 aliphatic carbocycles. The molecule has 0 bridgehead atoms. The summed E-state index contributed by atoms with van der Waals surface area (Å²) in [5.41, 5.74) is 6.07. The summed E-state index contributed by atoms with van der Waals surface area (Å²) in [4.78, 5) is 11.6. The van der Waals surface area contributed by atoms with Crippen LogP contribution in [0.2, 0.25) is 0 Å². The molecule has 1 aliphatic heterocycles. The molecule has 0 fully saturated rings. The van der Waals surface area contributed by atoms with Crippen molar-refractivity contribution in [1.82, 2.24) is 5.43 Å². The minimum atomic E-state index is -0.425. The van der Waals surface area contributed by atoms with Gasteiger partial charge in [-0.05, 0) is 69.7 Å². The standard InChI is InChI=1S/C23H27N3O4S/c1-5-28-21(27)14-29-16-10-11-20-17(12-16)19(13-23(3,4)30-20)25-26-22(31)24-18-9-7-6-8-15(18)2/h6-12H,5,13-14H2,1-4H3,(H2,24,26,31). The van der Waals surface area contributed by atoms with Crippen LogP contribution >= 0.6 is 12.2 Å². The van der Waals surface area contributed by atoms with Crippen LogP contribution in [0, 0.1) is 6.92 Å². The van der Waals surface area contributed by atoms with E-state index in [0.717, 1.165) is 22.5 Å². The van der Waals surface area contributed by atoms with Gasteiger partial charge in [0.1, 0.15) is 17.1 Å². The number of hydrazone groups is 1. The number of aryl methyl sites for hydroxylation is 1. The fourth-order valence-corrected chi connectivity index (χ4v) is 3.33. The number of carbonyl (C=O) groups excluding carboxylic acids is 1. The molecule has 2 N–H and O–H groups in total. The number of para-hydroxylation sites is 1. The fraction of sp³-hybridized carbons (Fsp3) is 0.348. The van der Waals surface area contributed by atoms with Gasteiger partial charge in [0.05, 0.1) is 12.3 Å². The first-order chi connectivity index (χ1) is 14.8. The van der Waals surface area contributed by atoms with Crippen molar-refractivity contribution >= 4 is 34.7 Å². The van der Waals surface area contributed by atoms with Gasteiger partial charge in [-0.15, -0.1) is 0 Å². The van der Waals surface area contributed by atoms with E-state index in [9.17, 15) is 4.79 Å². The first-order valence-corrected chi connectivity index (χ1v) is 10.5. The van der Waals surface area contributed by atoms with Crippen molar-refractivity contribution in [3.8, 4) is 11.5 Å². The van der Waals surface area contributed by atoms with E-state index in [-0.39, 0.29) is 6.61 Å². The van der Waals surface area contributed by atoms with Crippen molar-refractivity contribution in [1.29, 1.82) is 0 Å². The van der Waals surface area contributed by atoms with E-state index in [1.807, 2.05) is 57.2 Å². The predicted molar refractivity (Wildman–Crippen MR) is 125 cm³/mol. The Morgan fingerprint density at radius 1 is 1.26 bits per heavy atom. The van der Waals surface area contributed by atoms with Gasteiger partial charge >= 0.3 is 5.97 Å². The fourth-order valence-electron chi connectivity index (χ4n) is 3.17. The summed E-state index contributed by atoms with van der Waals surface area (Å²) in [5, 5.41) is 8.10. The van der Waals surface area contributed by atoms with Crippen LogP contribution in [-0.4, -0.2) is 35.6 Å². The van der Waals surface area contributed by atoms with E-state index < -0.39 is 11.6 Å². The maximum absolute atomic E-state index is 11.6. The van der Waals surface area contributed by atoms with Gasteiger partial charge in [-0.25, -0.2) is 4.79 Å². The number of hydrogen-bond donors (Lipinski definition) is 2. The number of ether oxygens (including phenoxy) is 3. The topological polar surface area (TPSA) is 81.2 Å². The molecule has 0 atom stereocenters. The van der Waals surface area contributed by atoms with Crippen molar-refractivity contribution < 1.29 is 19.0 Å². The van der Waals surface area contributed by atoms with Gasteiger partial charge in [0, 0.05) is 17.7 Å². The first-order valence-electron chi connectivity index (χ1n) is 10.1. The third kappa shape index (κ3) is 6.18. The Balaban J connectivity index is 1.77. The number of anilines is 1. The Labute approximate surface area is 187 Å². The number of benzene rings is 2. The zero-order chi connectivity index (χ0) is 22.4. The lowest BCUT2D eigenvalue weighted by Gasteiger charge is -2.33. The molecule has 0 aromatic heterocycles. The quantitative estimate of drug-likeness (QED) is 0.395. The van der Waals surface area contributed by atoms with Crippen molar-refractivity contribution in [3.05, 3.63) is 53.6 Å². The van der Waals surface area contributed by atoms with Gasteiger partial charge in [0.15, 0.2) is 11.7 Å². The van der Waals surface area contributed by atoms with E-state index in [0.29, 0.717) is 29.6 Å². The highest BCUT2D eigenvalue weighted by Gasteiger charge is 2.31. The Morgan fingerprint density at radius 2 is 2.03 bits per heavy atom. The van der Waals surface area contributed by atoms with E-state index >= 15 is 0 Å². The lowest BCUT2D eigenvalue weighted by molar-refractivity contribution is -0.145. The summed E-state index contributed by atoms with van der Waals surface area (Å²) in [6.07, 6.45) is 0.571. The highest BCUT2D eigenvalue weighted by Crippen LogP contribution is 2.35. The van der Waals surface area contributed by atoms with Crippen molar-refractivity contribution in [2.45, 2.75) is 39.7 Å². The first kappa shape index (κ1) is 22.6. The van der Waals surface area contributed by atoms with Gasteiger partial charge in [0.2, 0.25) is 0 Å². The maximum Gasteiger partial charge on any atom is 0.344 e. The third-order valence-corrected chi connectivity index (χ3v) is 4.78. The summed E-state index contributed by atoms with van der Waals surface area (Å²) in [6.45, 7) is 7.92. The zero-order valence-electron chi connectivity index (χ0n) is 18.2. The lowest BCUT2D eigenvalue weighted by Crippen LogP contribution is -2.37. The molecule has 0 amide bonds. The highest BCUT2D eigenvalue weighted by molar-refractivity contribution is 7.80. The number of nitrogens with one attached hydrogen (secondary N) is 2. The number of rotatable bonds is 6. The summed E-state index contributed by atoms with van der Waals surface area (Å²) >= 11 is 5.40. The second kappa shape index (κ2) is 9.78. The zero-order valence-corrected chi connectivity index (χ0v) is 19.0. The molecule has 1 aliphatic rings. The Hall–Kier alpha value is -3.13. The second-order valence-electron chi connectivity index (χ2n) is 7.73. The van der Waals surface area contributed by atoms with Gasteiger partial charge < -0.3 is 19.5 Å². The molecule has 0 saturated heterocycles. The number of hydrogen-bond acceptors (Lipinski definition) is 6. The minimum Gasteiger partial charge on any atom is -0.487 e. The number of nitrogens with zero attached hydrogens (tertiary/aromatic N) is 1. The van der Waals surface area contributed by atoms with E-state index in [1.165, 1.54) is 0 Å². The number of esters is 1. The molecule has 2 aromatic carbocycles. The average molecular weight is 442 g/mol. The molecule has 0 unspecified atom stereocenters. The molecule has 3 rings (SSSR count). The highest BCUT2D eigenvalue weighted by atomic mass is 32.1. The largest absolute Gasteiger partial charge is 0.487 e. The monoisotopic (exact) mass is 441 g/mol. The molecular weight excluding hydrogens is 414 g/mol. The van der Waals surface area contributed by atoms with Crippen molar-refractivity contribution in [3.63, 3.8) is 0 Å². The van der Waals surface area contributed by atoms with Crippen LogP contribution in [0.15, 0.2) is 47.6 Å². The maximum atomic E-state index is 11.6. The van der Waals surface area contributed by atoms with Crippen LogP contribution in [0.3, 0.4) is 0 Å². The molecular formula is C23H27N3O4S. The number of fused-ring (bicyclic) bond motifs is 1. The molecule has 2 aromatic rings. The van der Waals surface area contributed by atoms with Gasteiger partial charge in [-0.3, -0.25) is 5.43 Å². The predicted octanol–water partition coefficient (Wildman–Crippen LogP) is 4.19. The van der Waals surface area contributed by atoms with Crippen LogP contribution in [-0.2, 0) is 9.53 Å². The molecule has 164 valence electrons. The SMILES string of the molecule is CCOC(=O)COc1ccc2c(c1)C(=NNC(=S)Nc1ccccc1C)CC(C)(C)O2. The van der Waals surface area contributed by atoms with Crippen LogP contribution < -0.4 is 20.2 Å². The molecule has 31 heavy (non-hydrogen) atoms. The number of carbonyl (C=O) groups is 1. The molecule has 1 heterocycles. The molecule has 0 radical (unpaired) electrons. The summed E-state index contributed by atoms with van der Waals surface area (Å²) in [6, 6.07) is 13.3. The number of thiocarbonyl (C=S) groups is 1. The Morgan fingerprint density at radius 3 is 2.77 bits per heavy atom. The van der Waals surface area contributed by atoms with E-state index in [2.05, 4.69) is 15.8 Å². The summed E-state index contributed by atoms with van der Waals surface area (Å²) in [5.74, 6) is 0.808. The van der Waals surface area contributed by atoms with Gasteiger partial charge in [-0.2, -0.15) is 5.10 Å². The van der Waals surface area contributed by atoms with Crippen LogP contribution in [0.4, 0.5) is 5.69 Å². The molecule has 0 saturated carbocycles. The Kier molecular flexibility index (Phi) is 7.12. The smallest absolute Gasteiger partial charge is 0.344 e. The molecule has 0 spiro atoms. The van der Waals surface area contributed by atoms with Crippen LogP contribution in [0.1, 0.15) is 38.3 Å². The molecule has 8 heteroatoms. The second-order valence-corrected chi connectivity index (χ2v) is 8.14. The van der Waals surface area contributed by atoms with Crippen molar-refractivity contribution in [2.24, 2.45) is 5.10 Å². The third-order valence-electron chi connectivity index (χ3n) is 4.59. The average Bonchev–Trinajstić information content (AvgIpc) is 2.72.